The van der Waals surface area contributed by atoms with Gasteiger partial charge in [-0.2, -0.15) is 0 Å². The van der Waals surface area contributed by atoms with Gasteiger partial charge in [0.2, 0.25) is 11.9 Å². The van der Waals surface area contributed by atoms with Gasteiger partial charge in [0.25, 0.3) is 0 Å². The molecule has 1 aliphatic rings. The number of nitrogen functional groups attached to an aromatic ring is 1. The molecule has 1 fully saturated rings. The van der Waals surface area contributed by atoms with Crippen molar-refractivity contribution >= 4 is 22.9 Å². The SMILES string of the molecule is Cc1cccc2nc(N)n(C3CNC(=O)C3)c12. The van der Waals surface area contributed by atoms with E-state index in [4.69, 9.17) is 5.73 Å². The number of carbonyl (C=O) groups excluding carboxylic acids is 1. The Morgan fingerprint density at radius 1 is 1.53 bits per heavy atom. The van der Waals surface area contributed by atoms with Crippen molar-refractivity contribution in [3.63, 3.8) is 0 Å². The molecule has 1 aromatic carbocycles. The van der Waals surface area contributed by atoms with E-state index in [1.807, 2.05) is 29.7 Å². The monoisotopic (exact) mass is 230 g/mol. The van der Waals surface area contributed by atoms with Gasteiger partial charge in [0.15, 0.2) is 0 Å². The molecule has 0 saturated carbocycles. The topological polar surface area (TPSA) is 72.9 Å². The van der Waals surface area contributed by atoms with E-state index < -0.39 is 0 Å². The van der Waals surface area contributed by atoms with Gasteiger partial charge in [-0.15, -0.1) is 0 Å². The largest absolute Gasteiger partial charge is 0.369 e. The van der Waals surface area contributed by atoms with Crippen LogP contribution in [0.5, 0.6) is 0 Å². The molecule has 1 aromatic heterocycles. The van der Waals surface area contributed by atoms with Gasteiger partial charge in [-0.3, -0.25) is 4.79 Å². The number of benzene rings is 1. The molecule has 0 bridgehead atoms. The van der Waals surface area contributed by atoms with E-state index >= 15 is 0 Å². The zero-order valence-corrected chi connectivity index (χ0v) is 9.60. The molecule has 5 nitrogen and oxygen atoms in total. The van der Waals surface area contributed by atoms with Crippen molar-refractivity contribution in [1.29, 1.82) is 0 Å². The Morgan fingerprint density at radius 3 is 3.06 bits per heavy atom. The van der Waals surface area contributed by atoms with E-state index in [1.54, 1.807) is 0 Å². The van der Waals surface area contributed by atoms with Crippen molar-refractivity contribution < 1.29 is 4.79 Å². The molecule has 1 atom stereocenters. The first-order chi connectivity index (χ1) is 8.16. The Labute approximate surface area is 98.6 Å². The number of aryl methyl sites for hydroxylation is 1. The fourth-order valence-electron chi connectivity index (χ4n) is 2.48. The maximum absolute atomic E-state index is 11.3. The number of nitrogens with one attached hydrogen (secondary N) is 1. The number of nitrogens with zero attached hydrogens (tertiary/aromatic N) is 2. The summed E-state index contributed by atoms with van der Waals surface area (Å²) in [6.45, 7) is 2.66. The van der Waals surface area contributed by atoms with E-state index in [9.17, 15) is 4.79 Å². The van der Waals surface area contributed by atoms with Crippen molar-refractivity contribution in [3.8, 4) is 0 Å². The minimum atomic E-state index is 0.0739. The first-order valence-electron chi connectivity index (χ1n) is 5.66. The summed E-state index contributed by atoms with van der Waals surface area (Å²) in [6, 6.07) is 6.02. The number of para-hydroxylation sites is 1. The summed E-state index contributed by atoms with van der Waals surface area (Å²) in [5.41, 5.74) is 9.02. The van der Waals surface area contributed by atoms with Gasteiger partial charge in [0.05, 0.1) is 17.1 Å². The minimum absolute atomic E-state index is 0.0739. The van der Waals surface area contributed by atoms with Gasteiger partial charge >= 0.3 is 0 Å². The molecule has 0 radical (unpaired) electrons. The number of amides is 1. The third kappa shape index (κ3) is 1.46. The first-order valence-corrected chi connectivity index (χ1v) is 5.66. The number of aromatic nitrogens is 2. The number of hydrogen-bond donors (Lipinski definition) is 2. The third-order valence-corrected chi connectivity index (χ3v) is 3.26. The van der Waals surface area contributed by atoms with Crippen molar-refractivity contribution in [2.45, 2.75) is 19.4 Å². The van der Waals surface area contributed by atoms with Gasteiger partial charge in [-0.05, 0) is 18.6 Å². The molecule has 0 spiro atoms. The van der Waals surface area contributed by atoms with E-state index in [2.05, 4.69) is 10.3 Å². The fraction of sp³-hybridized carbons (Fsp3) is 0.333. The highest BCUT2D eigenvalue weighted by atomic mass is 16.1. The van der Waals surface area contributed by atoms with E-state index in [-0.39, 0.29) is 11.9 Å². The Hall–Kier alpha value is -2.04. The Balaban J connectivity index is 2.21. The van der Waals surface area contributed by atoms with E-state index in [0.717, 1.165) is 16.6 Å². The number of anilines is 1. The predicted molar refractivity (Wildman–Crippen MR) is 65.5 cm³/mol. The zero-order chi connectivity index (χ0) is 12.0. The van der Waals surface area contributed by atoms with Gasteiger partial charge in [0, 0.05) is 13.0 Å². The summed E-state index contributed by atoms with van der Waals surface area (Å²) >= 11 is 0. The predicted octanol–water partition coefficient (Wildman–Crippen LogP) is 0.988. The Kier molecular flexibility index (Phi) is 2.07. The molecule has 0 aliphatic carbocycles. The van der Waals surface area contributed by atoms with Crippen molar-refractivity contribution in [2.75, 3.05) is 12.3 Å². The fourth-order valence-corrected chi connectivity index (χ4v) is 2.48. The van der Waals surface area contributed by atoms with Crippen LogP contribution in [0, 0.1) is 6.92 Å². The van der Waals surface area contributed by atoms with E-state index in [0.29, 0.717) is 18.9 Å². The molecule has 5 heteroatoms. The molecule has 1 unspecified atom stereocenters. The highest BCUT2D eigenvalue weighted by Gasteiger charge is 2.26. The number of nitrogens with two attached hydrogens (primary N) is 1. The molecule has 88 valence electrons. The van der Waals surface area contributed by atoms with Crippen molar-refractivity contribution in [3.05, 3.63) is 23.8 Å². The van der Waals surface area contributed by atoms with Crippen LogP contribution in [0.15, 0.2) is 18.2 Å². The summed E-state index contributed by atoms with van der Waals surface area (Å²) in [7, 11) is 0. The van der Waals surface area contributed by atoms with Crippen LogP contribution in [0.3, 0.4) is 0 Å². The van der Waals surface area contributed by atoms with Crippen LogP contribution >= 0.6 is 0 Å². The maximum atomic E-state index is 11.3. The molecule has 1 aliphatic heterocycles. The second-order valence-electron chi connectivity index (χ2n) is 4.44. The van der Waals surface area contributed by atoms with Crippen LogP contribution in [0.4, 0.5) is 5.95 Å². The van der Waals surface area contributed by atoms with Gasteiger partial charge in [-0.25, -0.2) is 4.98 Å². The Bertz CT molecular complexity index is 602. The highest BCUT2D eigenvalue weighted by molar-refractivity contribution is 5.83. The van der Waals surface area contributed by atoms with Crippen molar-refractivity contribution in [1.82, 2.24) is 14.9 Å². The minimum Gasteiger partial charge on any atom is -0.369 e. The quantitative estimate of drug-likeness (QED) is 0.767. The van der Waals surface area contributed by atoms with Crippen molar-refractivity contribution in [2.24, 2.45) is 0 Å². The van der Waals surface area contributed by atoms with Crippen LogP contribution in [-0.2, 0) is 4.79 Å². The van der Waals surface area contributed by atoms with Gasteiger partial charge in [0.1, 0.15) is 0 Å². The average molecular weight is 230 g/mol. The number of imidazole rings is 1. The second-order valence-corrected chi connectivity index (χ2v) is 4.44. The van der Waals surface area contributed by atoms with Gasteiger partial charge < -0.3 is 15.6 Å². The lowest BCUT2D eigenvalue weighted by atomic mass is 10.2. The zero-order valence-electron chi connectivity index (χ0n) is 9.60. The standard InChI is InChI=1S/C12H14N4O/c1-7-3-2-4-9-11(7)16(12(13)15-9)8-5-10(17)14-6-8/h2-4,8H,5-6H2,1H3,(H2,13,15)(H,14,17). The first kappa shape index (κ1) is 10.1. The normalized spacial score (nSPS) is 19.8. The molecule has 2 heterocycles. The van der Waals surface area contributed by atoms with Crippen LogP contribution in [-0.4, -0.2) is 22.0 Å². The van der Waals surface area contributed by atoms with Crippen LogP contribution in [0.25, 0.3) is 11.0 Å². The lowest BCUT2D eigenvalue weighted by Crippen LogP contribution is -2.16. The molecule has 3 N–H and O–H groups in total. The molecule has 3 rings (SSSR count). The summed E-state index contributed by atoms with van der Waals surface area (Å²) in [4.78, 5) is 15.6. The Morgan fingerprint density at radius 2 is 2.35 bits per heavy atom. The second kappa shape index (κ2) is 3.48. The molecule has 1 amide bonds. The molecular weight excluding hydrogens is 216 g/mol. The number of carbonyl (C=O) groups is 1. The third-order valence-electron chi connectivity index (χ3n) is 3.26. The summed E-state index contributed by atoms with van der Waals surface area (Å²) in [5, 5.41) is 2.83. The lowest BCUT2D eigenvalue weighted by Gasteiger charge is -2.13. The molecule has 17 heavy (non-hydrogen) atoms. The number of rotatable bonds is 1. The van der Waals surface area contributed by atoms with Crippen LogP contribution in [0.2, 0.25) is 0 Å². The van der Waals surface area contributed by atoms with Gasteiger partial charge in [-0.1, -0.05) is 12.1 Å². The summed E-state index contributed by atoms with van der Waals surface area (Å²) < 4.78 is 1.97. The highest BCUT2D eigenvalue weighted by Crippen LogP contribution is 2.28. The average Bonchev–Trinajstić information content (AvgIpc) is 2.82. The molecule has 2 aromatic rings. The smallest absolute Gasteiger partial charge is 0.222 e. The van der Waals surface area contributed by atoms with Crippen LogP contribution in [0.1, 0.15) is 18.0 Å². The molecular formula is C12H14N4O. The molecule has 1 saturated heterocycles. The summed E-state index contributed by atoms with van der Waals surface area (Å²) in [5.74, 6) is 0.556. The summed E-state index contributed by atoms with van der Waals surface area (Å²) in [6.07, 6.45) is 0.476. The lowest BCUT2D eigenvalue weighted by molar-refractivity contribution is -0.119. The van der Waals surface area contributed by atoms with Crippen LogP contribution < -0.4 is 11.1 Å². The maximum Gasteiger partial charge on any atom is 0.222 e. The number of fused-ring (bicyclic) bond motifs is 1. The van der Waals surface area contributed by atoms with E-state index in [1.165, 1.54) is 0 Å². The number of hydrogen-bond acceptors (Lipinski definition) is 3.